The number of carbonyl (C=O) groups is 1. The fourth-order valence-corrected chi connectivity index (χ4v) is 5.40. The summed E-state index contributed by atoms with van der Waals surface area (Å²) in [6.45, 7) is 10.7. The van der Waals surface area contributed by atoms with E-state index in [1.165, 1.54) is 25.8 Å². The van der Waals surface area contributed by atoms with Crippen LogP contribution in [0.3, 0.4) is 0 Å². The summed E-state index contributed by atoms with van der Waals surface area (Å²) in [7, 11) is -0.229. The first-order valence-corrected chi connectivity index (χ1v) is 13.1. The van der Waals surface area contributed by atoms with Crippen molar-refractivity contribution in [1.82, 2.24) is 0 Å². The van der Waals surface area contributed by atoms with Crippen LogP contribution in [0.15, 0.2) is 87.5 Å². The maximum Gasteiger partial charge on any atom is 0.323 e. The molecule has 0 aliphatic rings. The van der Waals surface area contributed by atoms with E-state index < -0.39 is 0 Å². The van der Waals surface area contributed by atoms with E-state index in [4.69, 9.17) is 4.74 Å². The first-order chi connectivity index (χ1) is 14.8. The zero-order chi connectivity index (χ0) is 22.5. The number of carbonyl (C=O) groups excluding carboxylic acids is 1. The second-order valence-electron chi connectivity index (χ2n) is 8.26. The Morgan fingerprint density at radius 3 is 1.35 bits per heavy atom. The molecule has 0 saturated carbocycles. The molecule has 1 unspecified atom stereocenters. The fraction of sp³-hybridized carbons (Fsp3) is 0.296. The van der Waals surface area contributed by atoms with Crippen LogP contribution in [-0.4, -0.2) is 9.89 Å². The third-order valence-corrected chi connectivity index (χ3v) is 7.91. The van der Waals surface area contributed by atoms with Crippen molar-refractivity contribution in [1.29, 1.82) is 0 Å². The highest BCUT2D eigenvalue weighted by atomic mass is 127. The van der Waals surface area contributed by atoms with E-state index in [0.29, 0.717) is 17.6 Å². The third-order valence-electron chi connectivity index (χ3n) is 5.17. The number of hydrogen-bond acceptors (Lipinski definition) is 2. The summed E-state index contributed by atoms with van der Waals surface area (Å²) < 4.78 is 5.29. The highest BCUT2D eigenvalue weighted by molar-refractivity contribution is 14.1. The molecule has 4 heteroatoms. The maximum atomic E-state index is 11.9. The van der Waals surface area contributed by atoms with Gasteiger partial charge in [0.15, 0.2) is 14.7 Å². The third kappa shape index (κ3) is 6.13. The zero-order valence-corrected chi connectivity index (χ0v) is 21.7. The lowest BCUT2D eigenvalue weighted by atomic mass is 10.0. The van der Waals surface area contributed by atoms with Crippen LogP contribution < -0.4 is 4.74 Å². The van der Waals surface area contributed by atoms with Gasteiger partial charge < -0.3 is 4.74 Å². The van der Waals surface area contributed by atoms with Crippen molar-refractivity contribution < 1.29 is 9.53 Å². The first-order valence-electron chi connectivity index (χ1n) is 10.7. The second-order valence-corrected chi connectivity index (χ2v) is 12.2. The lowest BCUT2D eigenvalue weighted by Crippen LogP contribution is -2.17. The summed E-state index contributed by atoms with van der Waals surface area (Å²) in [5, 5.41) is 0. The lowest BCUT2D eigenvalue weighted by molar-refractivity contribution is -0.133. The zero-order valence-electron chi connectivity index (χ0n) is 18.8. The molecule has 0 amide bonds. The summed E-state index contributed by atoms with van der Waals surface area (Å²) in [5.41, 5.74) is 2.69. The molecule has 0 spiro atoms. The van der Waals surface area contributed by atoms with Gasteiger partial charge in [-0.3, -0.25) is 4.79 Å². The van der Waals surface area contributed by atoms with E-state index in [0.717, 1.165) is 0 Å². The normalized spacial score (nSPS) is 12.4. The second kappa shape index (κ2) is 10.7. The molecule has 3 aromatic carbocycles. The van der Waals surface area contributed by atoms with Crippen LogP contribution in [0.1, 0.15) is 57.6 Å². The van der Waals surface area contributed by atoms with Gasteiger partial charge in [-0.1, -0.05) is 74.6 Å². The minimum Gasteiger partial charge on any atom is -0.426 e. The van der Waals surface area contributed by atoms with Crippen LogP contribution in [0.2, 0.25) is 0 Å². The minimum absolute atomic E-state index is 0.175. The van der Waals surface area contributed by atoms with E-state index in [1.807, 2.05) is 19.1 Å². The van der Waals surface area contributed by atoms with E-state index in [9.17, 15) is 4.79 Å². The van der Waals surface area contributed by atoms with Crippen LogP contribution in [-0.2, 0) is 15.7 Å². The number of esters is 1. The molecule has 3 rings (SSSR count). The largest absolute Gasteiger partial charge is 0.426 e. The van der Waals surface area contributed by atoms with Crippen LogP contribution in [0.25, 0.3) is 0 Å². The number of hydrogen-bond donors (Lipinski definition) is 0. The molecule has 0 aromatic heterocycles. The molecular weight excluding hydrogens is 515 g/mol. The highest BCUT2D eigenvalue weighted by Crippen LogP contribution is 2.33. The molecule has 1 atom stereocenters. The van der Waals surface area contributed by atoms with Gasteiger partial charge >= 0.3 is 5.97 Å². The standard InChI is InChI=1S/C27H30IO2S/c1-18(2)21-6-12-24(13-7-21)31(25-14-8-22(9-15-25)19(3)4)26-16-10-23(11-17-26)30-27(29)20(5)28/h6-20H,1-5H3/q+1. The SMILES string of the molecule is CC(I)C(=O)Oc1ccc([S+](c2ccc(C(C)C)cc2)c2ccc(C(C)C)cc2)cc1. The highest BCUT2D eigenvalue weighted by Gasteiger charge is 2.29. The molecule has 0 aliphatic heterocycles. The molecule has 2 nitrogen and oxygen atoms in total. The van der Waals surface area contributed by atoms with Gasteiger partial charge in [0.05, 0.1) is 10.9 Å². The molecule has 0 bridgehead atoms. The quantitative estimate of drug-likeness (QED) is 0.0998. The van der Waals surface area contributed by atoms with Gasteiger partial charge in [-0.25, -0.2) is 0 Å². The van der Waals surface area contributed by atoms with Crippen molar-refractivity contribution in [3.8, 4) is 5.75 Å². The fourth-order valence-electron chi connectivity index (χ4n) is 3.23. The number of rotatable bonds is 7. The van der Waals surface area contributed by atoms with Crippen molar-refractivity contribution in [2.45, 2.75) is 65.1 Å². The minimum atomic E-state index is -0.229. The van der Waals surface area contributed by atoms with Crippen molar-refractivity contribution in [3.63, 3.8) is 0 Å². The van der Waals surface area contributed by atoms with Gasteiger partial charge in [-0.2, -0.15) is 0 Å². The summed E-state index contributed by atoms with van der Waals surface area (Å²) in [6, 6.07) is 25.9. The topological polar surface area (TPSA) is 26.3 Å². The predicted molar refractivity (Wildman–Crippen MR) is 139 cm³/mol. The Labute approximate surface area is 202 Å². The Kier molecular flexibility index (Phi) is 8.23. The molecule has 3 aromatic rings. The molecule has 0 N–H and O–H groups in total. The van der Waals surface area contributed by atoms with E-state index >= 15 is 0 Å². The summed E-state index contributed by atoms with van der Waals surface area (Å²) >= 11 is 2.07. The monoisotopic (exact) mass is 545 g/mol. The number of alkyl halides is 1. The van der Waals surface area contributed by atoms with Crippen molar-refractivity contribution in [2.24, 2.45) is 0 Å². The number of ether oxygens (including phenoxy) is 1. The van der Waals surface area contributed by atoms with Gasteiger partial charge in [-0.15, -0.1) is 0 Å². The Balaban J connectivity index is 1.98. The summed E-state index contributed by atoms with van der Waals surface area (Å²) in [6.07, 6.45) is 0. The van der Waals surface area contributed by atoms with Gasteiger partial charge in [-0.05, 0) is 78.4 Å². The number of benzene rings is 3. The van der Waals surface area contributed by atoms with E-state index in [2.05, 4.69) is 111 Å². The number of halogens is 1. The summed E-state index contributed by atoms with van der Waals surface area (Å²) in [5.74, 6) is 1.39. The van der Waals surface area contributed by atoms with Crippen molar-refractivity contribution >= 4 is 39.5 Å². The van der Waals surface area contributed by atoms with Gasteiger partial charge in [0.1, 0.15) is 9.67 Å². The van der Waals surface area contributed by atoms with Crippen LogP contribution in [0, 0.1) is 0 Å². The molecule has 0 heterocycles. The predicted octanol–water partition coefficient (Wildman–Crippen LogP) is 7.76. The van der Waals surface area contributed by atoms with Gasteiger partial charge in [0.25, 0.3) is 0 Å². The molecule has 0 aliphatic carbocycles. The van der Waals surface area contributed by atoms with Crippen LogP contribution >= 0.6 is 22.6 Å². The van der Waals surface area contributed by atoms with E-state index in [1.54, 1.807) is 0 Å². The van der Waals surface area contributed by atoms with Crippen LogP contribution in [0.4, 0.5) is 0 Å². The smallest absolute Gasteiger partial charge is 0.323 e. The molecule has 0 radical (unpaired) electrons. The van der Waals surface area contributed by atoms with Gasteiger partial charge in [0, 0.05) is 0 Å². The van der Waals surface area contributed by atoms with Gasteiger partial charge in [0.2, 0.25) is 0 Å². The maximum absolute atomic E-state index is 11.9. The first kappa shape index (κ1) is 23.9. The Hall–Kier alpha value is -1.79. The van der Waals surface area contributed by atoms with Crippen LogP contribution in [0.5, 0.6) is 5.75 Å². The Bertz CT molecular complexity index is 939. The molecule has 0 fully saturated rings. The van der Waals surface area contributed by atoms with Crippen molar-refractivity contribution in [2.75, 3.05) is 0 Å². The Morgan fingerprint density at radius 2 is 1.03 bits per heavy atom. The molecule has 0 saturated heterocycles. The molecule has 162 valence electrons. The average Bonchev–Trinajstić information content (AvgIpc) is 2.75. The summed E-state index contributed by atoms with van der Waals surface area (Å²) in [4.78, 5) is 15.7. The van der Waals surface area contributed by atoms with Crippen molar-refractivity contribution in [3.05, 3.63) is 83.9 Å². The molecule has 31 heavy (non-hydrogen) atoms. The molecular formula is C27H30IO2S+. The van der Waals surface area contributed by atoms with E-state index in [-0.39, 0.29) is 20.8 Å². The Morgan fingerprint density at radius 1 is 0.677 bits per heavy atom. The average molecular weight is 546 g/mol. The lowest BCUT2D eigenvalue weighted by Gasteiger charge is -2.12.